The van der Waals surface area contributed by atoms with E-state index in [1.165, 1.54) is 70.6 Å². The second-order valence-corrected chi connectivity index (χ2v) is 16.1. The maximum Gasteiger partial charge on any atom is 0.306 e. The number of unbranched alkanes of at least 4 members (excludes halogenated alkanes) is 19. The van der Waals surface area contributed by atoms with Crippen molar-refractivity contribution in [2.45, 2.75) is 213 Å². The molecule has 0 spiro atoms. The lowest BCUT2D eigenvalue weighted by atomic mass is 10.1. The van der Waals surface area contributed by atoms with Gasteiger partial charge in [-0.15, -0.1) is 0 Å². The van der Waals surface area contributed by atoms with Crippen molar-refractivity contribution >= 4 is 17.9 Å². The Balaban J connectivity index is 4.46. The Hall–Kier alpha value is -3.93. The molecule has 0 N–H and O–H groups in total. The molecule has 0 radical (unpaired) electrons. The van der Waals surface area contributed by atoms with Crippen LogP contribution in [0.4, 0.5) is 0 Å². The number of allylic oxidation sites excluding steroid dienone is 18. The molecule has 0 aliphatic rings. The van der Waals surface area contributed by atoms with Gasteiger partial charge in [0.25, 0.3) is 0 Å². The van der Waals surface area contributed by atoms with Gasteiger partial charge in [-0.25, -0.2) is 0 Å². The summed E-state index contributed by atoms with van der Waals surface area (Å²) in [6, 6.07) is 0. The van der Waals surface area contributed by atoms with Gasteiger partial charge in [-0.3, -0.25) is 14.4 Å². The Labute approximate surface area is 380 Å². The van der Waals surface area contributed by atoms with Crippen molar-refractivity contribution in [3.05, 3.63) is 109 Å². The molecule has 0 rings (SSSR count). The van der Waals surface area contributed by atoms with Gasteiger partial charge in [0, 0.05) is 19.3 Å². The van der Waals surface area contributed by atoms with Crippen LogP contribution in [0.1, 0.15) is 207 Å². The van der Waals surface area contributed by atoms with Crippen LogP contribution in [0, 0.1) is 0 Å². The molecule has 0 bridgehead atoms. The van der Waals surface area contributed by atoms with Crippen molar-refractivity contribution in [2.24, 2.45) is 0 Å². The highest BCUT2D eigenvalue weighted by atomic mass is 16.6. The number of rotatable bonds is 43. The first-order valence-electron chi connectivity index (χ1n) is 25.0. The molecule has 0 saturated carbocycles. The van der Waals surface area contributed by atoms with Crippen molar-refractivity contribution in [1.29, 1.82) is 0 Å². The summed E-state index contributed by atoms with van der Waals surface area (Å²) in [6.07, 6.45) is 66.6. The molecular formula is C56H90O6. The lowest BCUT2D eigenvalue weighted by Crippen LogP contribution is -2.30. The van der Waals surface area contributed by atoms with Gasteiger partial charge in [-0.2, -0.15) is 0 Å². The van der Waals surface area contributed by atoms with E-state index in [1.54, 1.807) is 0 Å². The third-order valence-electron chi connectivity index (χ3n) is 10.2. The Morgan fingerprint density at radius 2 is 0.710 bits per heavy atom. The zero-order chi connectivity index (χ0) is 45.1. The molecular weight excluding hydrogens is 769 g/mol. The van der Waals surface area contributed by atoms with Crippen LogP contribution in [-0.4, -0.2) is 37.2 Å². The molecule has 0 aromatic carbocycles. The smallest absolute Gasteiger partial charge is 0.306 e. The molecule has 0 aromatic rings. The molecule has 350 valence electrons. The summed E-state index contributed by atoms with van der Waals surface area (Å²) in [7, 11) is 0. The zero-order valence-corrected chi connectivity index (χ0v) is 39.8. The van der Waals surface area contributed by atoms with Crippen molar-refractivity contribution < 1.29 is 28.6 Å². The van der Waals surface area contributed by atoms with Gasteiger partial charge in [0.2, 0.25) is 0 Å². The quantitative estimate of drug-likeness (QED) is 0.0200. The van der Waals surface area contributed by atoms with Gasteiger partial charge in [0.15, 0.2) is 6.10 Å². The average molecular weight is 859 g/mol. The van der Waals surface area contributed by atoms with Crippen LogP contribution in [0.3, 0.4) is 0 Å². The zero-order valence-electron chi connectivity index (χ0n) is 39.8. The van der Waals surface area contributed by atoms with Crippen molar-refractivity contribution in [3.63, 3.8) is 0 Å². The van der Waals surface area contributed by atoms with Crippen LogP contribution in [0.25, 0.3) is 0 Å². The molecule has 1 atom stereocenters. The van der Waals surface area contributed by atoms with Gasteiger partial charge >= 0.3 is 17.9 Å². The Bertz CT molecular complexity index is 1310. The first-order chi connectivity index (χ1) is 30.5. The fourth-order valence-corrected chi connectivity index (χ4v) is 6.45. The molecule has 1 unspecified atom stereocenters. The molecule has 6 heteroatoms. The molecule has 62 heavy (non-hydrogen) atoms. The maximum atomic E-state index is 12.8. The Morgan fingerprint density at radius 3 is 1.23 bits per heavy atom. The number of carbonyl (C=O) groups excluding carboxylic acids is 3. The largest absolute Gasteiger partial charge is 0.462 e. The fraction of sp³-hybridized carbons (Fsp3) is 0.625. The number of ether oxygens (including phenoxy) is 3. The standard InChI is InChI=1S/C56H90O6/c1-4-7-10-13-16-19-21-23-25-27-29-30-32-34-37-40-43-46-49-55(58)61-52-53(51-60-54(57)48-45-42-39-36-18-15-12-9-6-3)62-56(59)50-47-44-41-38-35-33-31-28-26-24-22-20-17-14-11-8-5-2/h8-9,11-12,14,17-18,20,22,24,26,28-31,33,35-36,53H,4-7,10,13,15-16,19,21,23,25,27,32,34,37-52H2,1-3H3/b11-8-,12-9-,17-14-,22-20-,26-24-,30-29-,31-28+,35-33-,36-18-. The van der Waals surface area contributed by atoms with Crippen LogP contribution in [0.2, 0.25) is 0 Å². The molecule has 0 amide bonds. The first kappa shape index (κ1) is 58.1. The number of esters is 3. The Morgan fingerprint density at radius 1 is 0.355 bits per heavy atom. The van der Waals surface area contributed by atoms with E-state index in [4.69, 9.17) is 14.2 Å². The summed E-state index contributed by atoms with van der Waals surface area (Å²) in [6.45, 7) is 6.28. The van der Waals surface area contributed by atoms with Crippen LogP contribution < -0.4 is 0 Å². The summed E-state index contributed by atoms with van der Waals surface area (Å²) in [5.74, 6) is -1.01. The minimum atomic E-state index is -0.818. The van der Waals surface area contributed by atoms with E-state index in [9.17, 15) is 14.4 Å². The second-order valence-electron chi connectivity index (χ2n) is 16.1. The molecule has 0 aromatic heterocycles. The predicted octanol–water partition coefficient (Wildman–Crippen LogP) is 16.4. The van der Waals surface area contributed by atoms with Gasteiger partial charge in [0.1, 0.15) is 13.2 Å². The van der Waals surface area contributed by atoms with E-state index in [0.29, 0.717) is 19.3 Å². The summed E-state index contributed by atoms with van der Waals surface area (Å²) >= 11 is 0. The highest BCUT2D eigenvalue weighted by Gasteiger charge is 2.19. The first-order valence-corrected chi connectivity index (χ1v) is 25.0. The normalized spacial score (nSPS) is 13.0. The minimum absolute atomic E-state index is 0.113. The highest BCUT2D eigenvalue weighted by Crippen LogP contribution is 2.13. The molecule has 0 heterocycles. The number of hydrogen-bond acceptors (Lipinski definition) is 6. The Kier molecular flexibility index (Phi) is 46.6. The molecule has 6 nitrogen and oxygen atoms in total. The van der Waals surface area contributed by atoms with E-state index in [1.807, 2.05) is 60.8 Å². The van der Waals surface area contributed by atoms with Crippen molar-refractivity contribution in [1.82, 2.24) is 0 Å². The van der Waals surface area contributed by atoms with Gasteiger partial charge in [-0.05, 0) is 89.9 Å². The lowest BCUT2D eigenvalue weighted by Gasteiger charge is -2.18. The number of carbonyl (C=O) groups is 3. The monoisotopic (exact) mass is 859 g/mol. The van der Waals surface area contributed by atoms with Crippen molar-refractivity contribution in [3.8, 4) is 0 Å². The van der Waals surface area contributed by atoms with Crippen LogP contribution in [-0.2, 0) is 28.6 Å². The summed E-state index contributed by atoms with van der Waals surface area (Å²) in [4.78, 5) is 37.8. The van der Waals surface area contributed by atoms with Crippen molar-refractivity contribution in [2.75, 3.05) is 13.2 Å². The fourth-order valence-electron chi connectivity index (χ4n) is 6.45. The topological polar surface area (TPSA) is 78.9 Å². The summed E-state index contributed by atoms with van der Waals surface area (Å²) < 4.78 is 16.7. The molecule has 0 saturated heterocycles. The molecule has 0 fully saturated rings. The second kappa shape index (κ2) is 49.7. The summed E-state index contributed by atoms with van der Waals surface area (Å²) in [5, 5.41) is 0. The van der Waals surface area contributed by atoms with E-state index in [2.05, 4.69) is 69.4 Å². The SMILES string of the molecule is CC\C=C/C=C\C=C/C=C\C=C\C=C/CCCCCC(=O)OC(COC(=O)CCCC/C=C\C/C=C\CC)COC(=O)CCCCCCC/C=C\CCCCCCCCCCC. The van der Waals surface area contributed by atoms with E-state index < -0.39 is 6.10 Å². The number of hydrogen-bond donors (Lipinski definition) is 0. The van der Waals surface area contributed by atoms with E-state index in [-0.39, 0.29) is 37.5 Å². The maximum absolute atomic E-state index is 12.8. The third kappa shape index (κ3) is 47.1. The van der Waals surface area contributed by atoms with Crippen LogP contribution in [0.15, 0.2) is 109 Å². The van der Waals surface area contributed by atoms with Crippen LogP contribution >= 0.6 is 0 Å². The van der Waals surface area contributed by atoms with E-state index >= 15 is 0 Å². The van der Waals surface area contributed by atoms with Crippen LogP contribution in [0.5, 0.6) is 0 Å². The third-order valence-corrected chi connectivity index (χ3v) is 10.2. The molecule has 0 aliphatic heterocycles. The highest BCUT2D eigenvalue weighted by molar-refractivity contribution is 5.71. The summed E-state index contributed by atoms with van der Waals surface area (Å²) in [5.41, 5.74) is 0. The van der Waals surface area contributed by atoms with Gasteiger partial charge in [-0.1, -0.05) is 207 Å². The van der Waals surface area contributed by atoms with Gasteiger partial charge < -0.3 is 14.2 Å². The van der Waals surface area contributed by atoms with Gasteiger partial charge in [0.05, 0.1) is 0 Å². The van der Waals surface area contributed by atoms with E-state index in [0.717, 1.165) is 89.9 Å². The predicted molar refractivity (Wildman–Crippen MR) is 265 cm³/mol. The lowest BCUT2D eigenvalue weighted by molar-refractivity contribution is -0.167. The average Bonchev–Trinajstić information content (AvgIpc) is 3.27. The minimum Gasteiger partial charge on any atom is -0.462 e. The molecule has 0 aliphatic carbocycles.